The highest BCUT2D eigenvalue weighted by molar-refractivity contribution is 5.93. The molecule has 9 nitrogen and oxygen atoms in total. The number of nitrogens with zero attached hydrogens (tertiary/aromatic N) is 3. The molecule has 2 heterocycles. The van der Waals surface area contributed by atoms with Gasteiger partial charge in [0, 0.05) is 54.7 Å². The minimum absolute atomic E-state index is 0.0965. The largest absolute Gasteiger partial charge is 0.493 e. The second-order valence-corrected chi connectivity index (χ2v) is 10.7. The highest BCUT2D eigenvalue weighted by Crippen LogP contribution is 2.39. The van der Waals surface area contributed by atoms with Crippen molar-refractivity contribution in [2.45, 2.75) is 38.4 Å². The van der Waals surface area contributed by atoms with Gasteiger partial charge in [0.2, 0.25) is 5.91 Å². The molecule has 4 aromatic rings. The summed E-state index contributed by atoms with van der Waals surface area (Å²) in [5.74, 6) is -0.0639. The Balaban J connectivity index is 1.44. The molecule has 0 radical (unpaired) electrons. The van der Waals surface area contributed by atoms with Gasteiger partial charge in [-0.05, 0) is 56.3 Å². The topological polar surface area (TPSA) is 106 Å². The lowest BCUT2D eigenvalue weighted by molar-refractivity contribution is -0.127. The molecule has 1 aliphatic heterocycles. The first-order valence-electron chi connectivity index (χ1n) is 13.7. The number of aromatic nitrogens is 2. The first-order chi connectivity index (χ1) is 20.5. The quantitative estimate of drug-likeness (QED) is 0.221. The second kappa shape index (κ2) is 12.2. The van der Waals surface area contributed by atoms with E-state index in [1.165, 1.54) is 12.4 Å². The predicted octanol–water partition coefficient (Wildman–Crippen LogP) is 6.24. The monoisotopic (exact) mass is 590 g/mol. The molecular weight excluding hydrogens is 558 g/mol. The number of benzene rings is 3. The van der Waals surface area contributed by atoms with Crippen LogP contribution in [-0.4, -0.2) is 52.2 Å². The summed E-state index contributed by atoms with van der Waals surface area (Å²) in [5.41, 5.74) is 0.195. The first kappa shape index (κ1) is 29.7. The molecule has 0 saturated carbocycles. The van der Waals surface area contributed by atoms with Crippen molar-refractivity contribution in [2.75, 3.05) is 25.5 Å². The molecule has 0 unspecified atom stereocenters. The zero-order valence-corrected chi connectivity index (χ0v) is 24.1. The molecule has 11 heteroatoms. The normalized spacial score (nSPS) is 14.0. The van der Waals surface area contributed by atoms with E-state index in [2.05, 4.69) is 21.9 Å². The van der Waals surface area contributed by atoms with Crippen molar-refractivity contribution >= 4 is 28.3 Å². The van der Waals surface area contributed by atoms with Crippen LogP contribution in [0.3, 0.4) is 0 Å². The zero-order chi connectivity index (χ0) is 30.7. The average Bonchev–Trinajstić information content (AvgIpc) is 2.99. The van der Waals surface area contributed by atoms with Crippen molar-refractivity contribution in [3.8, 4) is 23.0 Å². The van der Waals surface area contributed by atoms with Gasteiger partial charge in [-0.25, -0.2) is 18.7 Å². The number of nitrogens with one attached hydrogen (secondary N) is 1. The van der Waals surface area contributed by atoms with E-state index in [-0.39, 0.29) is 23.5 Å². The van der Waals surface area contributed by atoms with Gasteiger partial charge in [0.25, 0.3) is 0 Å². The third-order valence-electron chi connectivity index (χ3n) is 7.17. The molecule has 1 aromatic heterocycles. The van der Waals surface area contributed by atoms with Gasteiger partial charge in [-0.15, -0.1) is 0 Å². The van der Waals surface area contributed by atoms with E-state index in [0.717, 1.165) is 18.2 Å². The summed E-state index contributed by atoms with van der Waals surface area (Å²) in [6.07, 6.45) is 3.90. The number of anilines is 2. The molecule has 0 spiro atoms. The minimum Gasteiger partial charge on any atom is -0.493 e. The highest BCUT2D eigenvalue weighted by Gasteiger charge is 2.25. The van der Waals surface area contributed by atoms with E-state index >= 15 is 0 Å². The van der Waals surface area contributed by atoms with E-state index in [9.17, 15) is 18.7 Å². The van der Waals surface area contributed by atoms with Gasteiger partial charge in [0.15, 0.2) is 23.1 Å². The standard InChI is InChI=1S/C32H32F2N4O5/c1-5-30(39)38-12-10-20(11-13-38)42-29-16-22-26(17-28(29)41-4)35-18-36-31(22)37-25-9-7-21(15-23(25)32(2,3)40)43-27-14-19(33)6-8-24(27)34/h5-9,14-18,20,40H,1,10-13H2,2-4H3,(H,35,36,37). The van der Waals surface area contributed by atoms with Gasteiger partial charge in [0.1, 0.15) is 29.8 Å². The van der Waals surface area contributed by atoms with Crippen molar-refractivity contribution in [1.82, 2.24) is 14.9 Å². The molecule has 1 saturated heterocycles. The van der Waals surface area contributed by atoms with Crippen LogP contribution >= 0.6 is 0 Å². The van der Waals surface area contributed by atoms with Gasteiger partial charge in [-0.3, -0.25) is 4.79 Å². The molecular formula is C32H32F2N4O5. The van der Waals surface area contributed by atoms with Crippen LogP contribution in [0.5, 0.6) is 23.0 Å². The lowest BCUT2D eigenvalue weighted by Gasteiger charge is -2.31. The van der Waals surface area contributed by atoms with Crippen LogP contribution < -0.4 is 19.5 Å². The van der Waals surface area contributed by atoms with Crippen LogP contribution in [0.15, 0.2) is 67.5 Å². The number of carbonyl (C=O) groups excluding carboxylic acids is 1. The van der Waals surface area contributed by atoms with E-state index in [0.29, 0.717) is 65.4 Å². The molecule has 2 N–H and O–H groups in total. The second-order valence-electron chi connectivity index (χ2n) is 10.7. The highest BCUT2D eigenvalue weighted by atomic mass is 19.1. The Kier molecular flexibility index (Phi) is 8.45. The fraction of sp³-hybridized carbons (Fsp3) is 0.281. The third-order valence-corrected chi connectivity index (χ3v) is 7.17. The number of carbonyl (C=O) groups is 1. The maximum absolute atomic E-state index is 14.2. The Labute approximate surface area is 247 Å². The minimum atomic E-state index is -1.34. The Morgan fingerprint density at radius 1 is 1.07 bits per heavy atom. The fourth-order valence-electron chi connectivity index (χ4n) is 4.93. The average molecular weight is 591 g/mol. The number of ether oxygens (including phenoxy) is 3. The van der Waals surface area contributed by atoms with Crippen LogP contribution in [0.25, 0.3) is 10.9 Å². The van der Waals surface area contributed by atoms with Gasteiger partial charge in [-0.2, -0.15) is 0 Å². The van der Waals surface area contributed by atoms with Crippen molar-refractivity contribution in [1.29, 1.82) is 0 Å². The molecule has 0 bridgehead atoms. The molecule has 0 atom stereocenters. The number of hydrogen-bond acceptors (Lipinski definition) is 8. The van der Waals surface area contributed by atoms with E-state index in [4.69, 9.17) is 14.2 Å². The van der Waals surface area contributed by atoms with Crippen molar-refractivity contribution in [3.05, 3.63) is 84.7 Å². The lowest BCUT2D eigenvalue weighted by Crippen LogP contribution is -2.41. The van der Waals surface area contributed by atoms with Crippen LogP contribution in [0.2, 0.25) is 0 Å². The Morgan fingerprint density at radius 2 is 1.84 bits per heavy atom. The summed E-state index contributed by atoms with van der Waals surface area (Å²) in [6.45, 7) is 7.88. The molecule has 224 valence electrons. The van der Waals surface area contributed by atoms with Crippen LogP contribution in [0.1, 0.15) is 32.3 Å². The lowest BCUT2D eigenvalue weighted by atomic mass is 9.96. The summed E-state index contributed by atoms with van der Waals surface area (Å²) in [5, 5.41) is 14.9. The zero-order valence-electron chi connectivity index (χ0n) is 24.1. The SMILES string of the molecule is C=CC(=O)N1CCC(Oc2cc3c(Nc4ccc(Oc5cc(F)ccc5F)cc4C(C)(C)O)ncnc3cc2OC)CC1. The molecule has 5 rings (SSSR count). The van der Waals surface area contributed by atoms with Crippen LogP contribution in [-0.2, 0) is 10.4 Å². The molecule has 0 aliphatic carbocycles. The maximum atomic E-state index is 14.2. The number of rotatable bonds is 9. The number of likely N-dealkylation sites (tertiary alicyclic amines) is 1. The van der Waals surface area contributed by atoms with E-state index in [1.807, 2.05) is 0 Å². The van der Waals surface area contributed by atoms with Crippen molar-refractivity contribution in [3.63, 3.8) is 0 Å². The number of halogens is 2. The summed E-state index contributed by atoms with van der Waals surface area (Å²) in [4.78, 5) is 22.5. The number of hydrogen-bond donors (Lipinski definition) is 2. The van der Waals surface area contributed by atoms with Crippen LogP contribution in [0, 0.1) is 11.6 Å². The molecule has 1 aliphatic rings. The summed E-state index contributed by atoms with van der Waals surface area (Å²) < 4.78 is 45.4. The third kappa shape index (κ3) is 6.67. The van der Waals surface area contributed by atoms with Gasteiger partial charge < -0.3 is 29.5 Å². The summed E-state index contributed by atoms with van der Waals surface area (Å²) in [7, 11) is 1.55. The maximum Gasteiger partial charge on any atom is 0.245 e. The Bertz CT molecular complexity index is 1670. The fourth-order valence-corrected chi connectivity index (χ4v) is 4.93. The van der Waals surface area contributed by atoms with Crippen LogP contribution in [0.4, 0.5) is 20.3 Å². The number of fused-ring (bicyclic) bond motifs is 1. The smallest absolute Gasteiger partial charge is 0.245 e. The Hall–Kier alpha value is -4.77. The van der Waals surface area contributed by atoms with E-state index < -0.39 is 17.2 Å². The molecule has 1 fully saturated rings. The number of aliphatic hydroxyl groups is 1. The van der Waals surface area contributed by atoms with Crippen molar-refractivity contribution in [2.24, 2.45) is 0 Å². The van der Waals surface area contributed by atoms with Gasteiger partial charge in [0.05, 0.1) is 18.2 Å². The van der Waals surface area contributed by atoms with E-state index in [1.54, 1.807) is 56.2 Å². The predicted molar refractivity (Wildman–Crippen MR) is 158 cm³/mol. The first-order valence-corrected chi connectivity index (χ1v) is 13.7. The Morgan fingerprint density at radius 3 is 2.53 bits per heavy atom. The number of amides is 1. The summed E-state index contributed by atoms with van der Waals surface area (Å²) in [6, 6.07) is 11.3. The molecule has 43 heavy (non-hydrogen) atoms. The van der Waals surface area contributed by atoms with Gasteiger partial charge in [-0.1, -0.05) is 6.58 Å². The van der Waals surface area contributed by atoms with Crippen molar-refractivity contribution < 1.29 is 32.9 Å². The summed E-state index contributed by atoms with van der Waals surface area (Å²) >= 11 is 0. The number of methoxy groups -OCH3 is 1. The molecule has 3 aromatic carbocycles. The number of piperidine rings is 1. The van der Waals surface area contributed by atoms with Gasteiger partial charge >= 0.3 is 0 Å². The molecule has 1 amide bonds.